The summed E-state index contributed by atoms with van der Waals surface area (Å²) in [5, 5.41) is 6.19. The lowest BCUT2D eigenvalue weighted by Crippen LogP contribution is -2.40. The van der Waals surface area contributed by atoms with Gasteiger partial charge in [-0.3, -0.25) is 4.79 Å². The van der Waals surface area contributed by atoms with Crippen molar-refractivity contribution in [3.8, 4) is 0 Å². The van der Waals surface area contributed by atoms with Gasteiger partial charge in [0.1, 0.15) is 0 Å². The van der Waals surface area contributed by atoms with Crippen molar-refractivity contribution in [1.82, 2.24) is 10.6 Å². The fourth-order valence-corrected chi connectivity index (χ4v) is 4.99. The lowest BCUT2D eigenvalue weighted by molar-refractivity contribution is -0.122. The minimum absolute atomic E-state index is 0.0149. The summed E-state index contributed by atoms with van der Waals surface area (Å²) in [4.78, 5) is 12.4. The fraction of sp³-hybridized carbons (Fsp3) is 0.533. The summed E-state index contributed by atoms with van der Waals surface area (Å²) in [7, 11) is -2.88. The molecule has 2 unspecified atom stereocenters. The van der Waals surface area contributed by atoms with Gasteiger partial charge < -0.3 is 10.6 Å². The van der Waals surface area contributed by atoms with Crippen molar-refractivity contribution in [2.75, 3.05) is 24.6 Å². The highest BCUT2D eigenvalue weighted by molar-refractivity contribution is 7.91. The van der Waals surface area contributed by atoms with Crippen LogP contribution in [0.15, 0.2) is 24.3 Å². The Labute approximate surface area is 125 Å². The van der Waals surface area contributed by atoms with Gasteiger partial charge in [0.05, 0.1) is 17.4 Å². The highest BCUT2D eigenvalue weighted by atomic mass is 32.2. The molecule has 2 aliphatic heterocycles. The van der Waals surface area contributed by atoms with Crippen LogP contribution in [-0.4, -0.2) is 38.9 Å². The Kier molecular flexibility index (Phi) is 3.99. The molecule has 0 spiro atoms. The Bertz CT molecular complexity index is 642. The highest BCUT2D eigenvalue weighted by Gasteiger charge is 2.30. The molecule has 1 amide bonds. The minimum atomic E-state index is -2.88. The van der Waals surface area contributed by atoms with Gasteiger partial charge in [-0.05, 0) is 23.5 Å². The molecule has 1 fully saturated rings. The first kappa shape index (κ1) is 14.5. The van der Waals surface area contributed by atoms with Gasteiger partial charge in [-0.15, -0.1) is 0 Å². The molecule has 0 saturated carbocycles. The molecule has 21 heavy (non-hydrogen) atoms. The quantitative estimate of drug-likeness (QED) is 0.849. The van der Waals surface area contributed by atoms with Gasteiger partial charge in [0, 0.05) is 19.6 Å². The summed E-state index contributed by atoms with van der Waals surface area (Å²) in [5.74, 6) is 0.311. The van der Waals surface area contributed by atoms with E-state index in [4.69, 9.17) is 0 Å². The predicted molar refractivity (Wildman–Crippen MR) is 80.7 cm³/mol. The van der Waals surface area contributed by atoms with Crippen LogP contribution in [0.4, 0.5) is 0 Å². The van der Waals surface area contributed by atoms with E-state index in [1.807, 2.05) is 24.3 Å². The minimum Gasteiger partial charge on any atom is -0.355 e. The van der Waals surface area contributed by atoms with Crippen molar-refractivity contribution >= 4 is 15.7 Å². The summed E-state index contributed by atoms with van der Waals surface area (Å²) in [5.41, 5.74) is 2.24. The zero-order chi connectivity index (χ0) is 14.9. The number of carbonyl (C=O) groups is 1. The molecular formula is C15H20N2O3S. The maximum atomic E-state index is 12.4. The molecule has 2 heterocycles. The van der Waals surface area contributed by atoms with E-state index in [2.05, 4.69) is 10.6 Å². The van der Waals surface area contributed by atoms with Gasteiger partial charge in [-0.25, -0.2) is 8.42 Å². The zero-order valence-corrected chi connectivity index (χ0v) is 12.7. The molecule has 2 N–H and O–H groups in total. The molecule has 0 aromatic heterocycles. The van der Waals surface area contributed by atoms with E-state index in [-0.39, 0.29) is 29.2 Å². The molecule has 1 saturated heterocycles. The molecule has 1 aromatic rings. The molecule has 5 nitrogen and oxygen atoms in total. The van der Waals surface area contributed by atoms with E-state index in [1.165, 1.54) is 0 Å². The van der Waals surface area contributed by atoms with Crippen molar-refractivity contribution < 1.29 is 13.2 Å². The van der Waals surface area contributed by atoms with E-state index in [9.17, 15) is 13.2 Å². The van der Waals surface area contributed by atoms with Gasteiger partial charge in [0.25, 0.3) is 0 Å². The van der Waals surface area contributed by atoms with Gasteiger partial charge in [-0.1, -0.05) is 24.3 Å². The monoisotopic (exact) mass is 308 g/mol. The van der Waals surface area contributed by atoms with Crippen LogP contribution in [0.3, 0.4) is 0 Å². The normalized spacial score (nSPS) is 27.0. The third-order valence-electron chi connectivity index (χ3n) is 4.30. The lowest BCUT2D eigenvalue weighted by atomic mass is 9.90. The highest BCUT2D eigenvalue weighted by Crippen LogP contribution is 2.24. The standard InChI is InChI=1S/C15H20N2O3S/c18-15(17-7-11-5-6-21(19,20)10-11)14-9-16-8-12-3-1-2-4-13(12)14/h1-4,11,14,16H,5-10H2,(H,17,18). The first-order valence-electron chi connectivity index (χ1n) is 7.32. The third-order valence-corrected chi connectivity index (χ3v) is 6.14. The molecule has 1 aromatic carbocycles. The summed E-state index contributed by atoms with van der Waals surface area (Å²) in [6, 6.07) is 7.96. The summed E-state index contributed by atoms with van der Waals surface area (Å²) in [6.07, 6.45) is 0.655. The molecule has 2 aliphatic rings. The number of sulfone groups is 1. The van der Waals surface area contributed by atoms with Crippen molar-refractivity contribution in [2.24, 2.45) is 5.92 Å². The SMILES string of the molecule is O=C(NCC1CCS(=O)(=O)C1)C1CNCc2ccccc21. The molecule has 0 bridgehead atoms. The number of rotatable bonds is 3. The van der Waals surface area contributed by atoms with Crippen molar-refractivity contribution in [3.05, 3.63) is 35.4 Å². The van der Waals surface area contributed by atoms with E-state index < -0.39 is 9.84 Å². The number of fused-ring (bicyclic) bond motifs is 1. The third kappa shape index (κ3) is 3.27. The van der Waals surface area contributed by atoms with E-state index in [0.717, 1.165) is 17.7 Å². The number of benzene rings is 1. The molecule has 3 rings (SSSR count). The maximum absolute atomic E-state index is 12.4. The number of nitrogens with one attached hydrogen (secondary N) is 2. The van der Waals surface area contributed by atoms with Gasteiger partial charge >= 0.3 is 0 Å². The largest absolute Gasteiger partial charge is 0.355 e. The van der Waals surface area contributed by atoms with Gasteiger partial charge in [0.15, 0.2) is 9.84 Å². The second kappa shape index (κ2) is 5.77. The van der Waals surface area contributed by atoms with Gasteiger partial charge in [-0.2, -0.15) is 0 Å². The average molecular weight is 308 g/mol. The van der Waals surface area contributed by atoms with Crippen LogP contribution in [0.1, 0.15) is 23.5 Å². The first-order valence-corrected chi connectivity index (χ1v) is 9.14. The van der Waals surface area contributed by atoms with Crippen LogP contribution < -0.4 is 10.6 Å². The number of amides is 1. The Morgan fingerprint density at radius 3 is 2.90 bits per heavy atom. The van der Waals surface area contributed by atoms with E-state index >= 15 is 0 Å². The van der Waals surface area contributed by atoms with E-state index in [0.29, 0.717) is 19.5 Å². The van der Waals surface area contributed by atoms with Crippen LogP contribution in [0, 0.1) is 5.92 Å². The molecule has 2 atom stereocenters. The summed E-state index contributed by atoms with van der Waals surface area (Å²) in [6.45, 7) is 1.88. The second-order valence-corrected chi connectivity index (χ2v) is 8.13. The molecule has 0 radical (unpaired) electrons. The Balaban J connectivity index is 1.62. The van der Waals surface area contributed by atoms with Crippen LogP contribution in [0.25, 0.3) is 0 Å². The Morgan fingerprint density at radius 1 is 1.33 bits per heavy atom. The van der Waals surface area contributed by atoms with Crippen molar-refractivity contribution in [1.29, 1.82) is 0 Å². The van der Waals surface area contributed by atoms with E-state index in [1.54, 1.807) is 0 Å². The van der Waals surface area contributed by atoms with Crippen molar-refractivity contribution in [2.45, 2.75) is 18.9 Å². The van der Waals surface area contributed by atoms with Gasteiger partial charge in [0.2, 0.25) is 5.91 Å². The van der Waals surface area contributed by atoms with Crippen LogP contribution >= 0.6 is 0 Å². The number of hydrogen-bond donors (Lipinski definition) is 2. The van der Waals surface area contributed by atoms with Crippen LogP contribution in [0.2, 0.25) is 0 Å². The van der Waals surface area contributed by atoms with Crippen LogP contribution in [-0.2, 0) is 21.2 Å². The first-order chi connectivity index (χ1) is 10.1. The molecule has 0 aliphatic carbocycles. The molecule has 114 valence electrons. The summed E-state index contributed by atoms with van der Waals surface area (Å²) < 4.78 is 22.9. The number of hydrogen-bond acceptors (Lipinski definition) is 4. The fourth-order valence-electron chi connectivity index (χ4n) is 3.13. The molecular weight excluding hydrogens is 288 g/mol. The lowest BCUT2D eigenvalue weighted by Gasteiger charge is -2.26. The number of carbonyl (C=O) groups excluding carboxylic acids is 1. The average Bonchev–Trinajstić information content (AvgIpc) is 2.83. The maximum Gasteiger partial charge on any atom is 0.228 e. The van der Waals surface area contributed by atoms with Crippen LogP contribution in [0.5, 0.6) is 0 Å². The molecule has 6 heteroatoms. The van der Waals surface area contributed by atoms with Crippen molar-refractivity contribution in [3.63, 3.8) is 0 Å². The Morgan fingerprint density at radius 2 is 2.14 bits per heavy atom. The smallest absolute Gasteiger partial charge is 0.228 e. The predicted octanol–water partition coefficient (Wildman–Crippen LogP) is 0.424. The summed E-state index contributed by atoms with van der Waals surface area (Å²) >= 11 is 0. The zero-order valence-electron chi connectivity index (χ0n) is 11.8. The Hall–Kier alpha value is -1.40. The second-order valence-electron chi connectivity index (χ2n) is 5.90. The topological polar surface area (TPSA) is 75.3 Å².